The molecule has 0 saturated heterocycles. The Morgan fingerprint density at radius 3 is 2.29 bits per heavy atom. The van der Waals surface area contributed by atoms with Crippen LogP contribution in [-0.2, 0) is 21.1 Å². The van der Waals surface area contributed by atoms with Gasteiger partial charge >= 0.3 is 0 Å². The number of amides is 1. The summed E-state index contributed by atoms with van der Waals surface area (Å²) in [5, 5.41) is 0.160. The number of fused-ring (bicyclic) bond motifs is 1. The first kappa shape index (κ1) is 29.0. The molecule has 3 rings (SSSR count). The number of halogens is 1. The molecular weight excluding hydrogens is 506 g/mol. The Bertz CT molecular complexity index is 1220. The maximum atomic E-state index is 13.4. The first-order chi connectivity index (χ1) is 16.2. The van der Waals surface area contributed by atoms with Crippen molar-refractivity contribution in [1.82, 2.24) is 9.88 Å². The third-order valence-corrected chi connectivity index (χ3v) is 9.09. The smallest absolute Gasteiger partial charge is 0.233 e. The number of sulfone groups is 1. The standard InChI is InChI=1S/C25H33N3O4S2.ClH/c1-6-27(7-2)14-15-28(25-26-22-13-10-20(32-5)17-23(22)33-25)24(29)16-19-8-11-21(12-9-19)34(30,31)18(3)4;/h8-13,17-18H,6-7,14-16H2,1-5H3;1H. The Morgan fingerprint density at radius 1 is 1.06 bits per heavy atom. The fraction of sp³-hybridized carbons (Fsp3) is 0.440. The van der Waals surface area contributed by atoms with Crippen molar-refractivity contribution in [3.05, 3.63) is 48.0 Å². The predicted molar refractivity (Wildman–Crippen MR) is 146 cm³/mol. The molecule has 3 aromatic rings. The molecule has 0 bridgehead atoms. The van der Waals surface area contributed by atoms with Gasteiger partial charge in [0.2, 0.25) is 5.91 Å². The van der Waals surface area contributed by atoms with Crippen LogP contribution in [0.3, 0.4) is 0 Å². The summed E-state index contributed by atoms with van der Waals surface area (Å²) >= 11 is 1.47. The number of aromatic nitrogens is 1. The summed E-state index contributed by atoms with van der Waals surface area (Å²) in [6.45, 7) is 10.6. The lowest BCUT2D eigenvalue weighted by Gasteiger charge is -2.24. The molecule has 0 radical (unpaired) electrons. The minimum absolute atomic E-state index is 0. The average Bonchev–Trinajstić information content (AvgIpc) is 3.24. The lowest BCUT2D eigenvalue weighted by Crippen LogP contribution is -2.39. The molecule has 0 unspecified atom stereocenters. The zero-order valence-electron chi connectivity index (χ0n) is 20.9. The van der Waals surface area contributed by atoms with Gasteiger partial charge in [0.1, 0.15) is 5.75 Å². The molecule has 0 N–H and O–H groups in total. The van der Waals surface area contributed by atoms with Gasteiger partial charge in [0.05, 0.1) is 33.9 Å². The summed E-state index contributed by atoms with van der Waals surface area (Å²) < 4.78 is 31.1. The van der Waals surface area contributed by atoms with Gasteiger partial charge in [-0.2, -0.15) is 0 Å². The molecule has 10 heteroatoms. The molecule has 0 atom stereocenters. The second kappa shape index (κ2) is 12.7. The van der Waals surface area contributed by atoms with Crippen LogP contribution in [0.5, 0.6) is 5.75 Å². The van der Waals surface area contributed by atoms with Crippen LogP contribution >= 0.6 is 23.7 Å². The number of nitrogens with zero attached hydrogens (tertiary/aromatic N) is 3. The SMILES string of the molecule is CCN(CC)CCN(C(=O)Cc1ccc(S(=O)(=O)C(C)C)cc1)c1nc2ccc(OC)cc2s1.Cl. The van der Waals surface area contributed by atoms with Crippen LogP contribution in [0.25, 0.3) is 10.2 Å². The lowest BCUT2D eigenvalue weighted by molar-refractivity contribution is -0.118. The minimum Gasteiger partial charge on any atom is -0.497 e. The van der Waals surface area contributed by atoms with Crippen molar-refractivity contribution >= 4 is 54.8 Å². The molecule has 7 nitrogen and oxygen atoms in total. The number of likely N-dealkylation sites (N-methyl/N-ethyl adjacent to an activating group) is 1. The van der Waals surface area contributed by atoms with Crippen molar-refractivity contribution in [1.29, 1.82) is 0 Å². The van der Waals surface area contributed by atoms with Gasteiger partial charge in [0, 0.05) is 13.1 Å². The lowest BCUT2D eigenvalue weighted by atomic mass is 10.1. The number of benzene rings is 2. The Balaban J connectivity index is 0.00000432. The third-order valence-electron chi connectivity index (χ3n) is 5.88. The maximum Gasteiger partial charge on any atom is 0.233 e. The third kappa shape index (κ3) is 6.94. The van der Waals surface area contributed by atoms with Gasteiger partial charge < -0.3 is 9.64 Å². The average molecular weight is 540 g/mol. The normalized spacial score (nSPS) is 11.6. The van der Waals surface area contributed by atoms with E-state index < -0.39 is 15.1 Å². The van der Waals surface area contributed by atoms with Gasteiger partial charge in [-0.1, -0.05) is 37.3 Å². The highest BCUT2D eigenvalue weighted by atomic mass is 35.5. The van der Waals surface area contributed by atoms with Gasteiger partial charge in [-0.15, -0.1) is 12.4 Å². The molecule has 35 heavy (non-hydrogen) atoms. The fourth-order valence-corrected chi connectivity index (χ4v) is 5.68. The monoisotopic (exact) mass is 539 g/mol. The number of hydrogen-bond acceptors (Lipinski definition) is 7. The fourth-order valence-electron chi connectivity index (χ4n) is 3.58. The summed E-state index contributed by atoms with van der Waals surface area (Å²) in [6, 6.07) is 12.3. The molecule has 192 valence electrons. The van der Waals surface area contributed by atoms with E-state index in [1.54, 1.807) is 50.1 Å². The molecule has 1 amide bonds. The molecule has 0 aliphatic rings. The highest BCUT2D eigenvalue weighted by Crippen LogP contribution is 2.32. The van der Waals surface area contributed by atoms with Crippen LogP contribution in [0.15, 0.2) is 47.4 Å². The number of thiazole rings is 1. The first-order valence-corrected chi connectivity index (χ1v) is 13.9. The topological polar surface area (TPSA) is 79.8 Å². The zero-order chi connectivity index (χ0) is 24.9. The number of carbonyl (C=O) groups excluding carboxylic acids is 1. The van der Waals surface area contributed by atoms with E-state index >= 15 is 0 Å². The molecule has 1 aromatic heterocycles. The van der Waals surface area contributed by atoms with Crippen LogP contribution in [0, 0.1) is 0 Å². The van der Waals surface area contributed by atoms with Crippen molar-refractivity contribution in [2.24, 2.45) is 0 Å². The number of ether oxygens (including phenoxy) is 1. The highest BCUT2D eigenvalue weighted by molar-refractivity contribution is 7.92. The summed E-state index contributed by atoms with van der Waals surface area (Å²) in [5.74, 6) is 0.679. The zero-order valence-corrected chi connectivity index (χ0v) is 23.3. The van der Waals surface area contributed by atoms with Gasteiger partial charge in [-0.3, -0.25) is 9.69 Å². The van der Waals surface area contributed by atoms with Crippen molar-refractivity contribution in [2.75, 3.05) is 38.2 Å². The predicted octanol–water partition coefficient (Wildman–Crippen LogP) is 4.83. The van der Waals surface area contributed by atoms with Gasteiger partial charge in [0.15, 0.2) is 15.0 Å². The molecule has 1 heterocycles. The van der Waals surface area contributed by atoms with Crippen molar-refractivity contribution in [2.45, 2.75) is 44.3 Å². The number of rotatable bonds is 11. The Morgan fingerprint density at radius 2 is 1.71 bits per heavy atom. The molecular formula is C25H34ClN3O4S2. The molecule has 2 aromatic carbocycles. The van der Waals surface area contributed by atoms with Gasteiger partial charge in [-0.25, -0.2) is 13.4 Å². The molecule has 0 saturated carbocycles. The molecule has 0 aliphatic carbocycles. The Labute approximate surface area is 218 Å². The highest BCUT2D eigenvalue weighted by Gasteiger charge is 2.22. The van der Waals surface area contributed by atoms with Crippen molar-refractivity contribution in [3.8, 4) is 5.75 Å². The summed E-state index contributed by atoms with van der Waals surface area (Å²) in [5.41, 5.74) is 1.59. The number of methoxy groups -OCH3 is 1. The summed E-state index contributed by atoms with van der Waals surface area (Å²) in [4.78, 5) is 22.4. The van der Waals surface area contributed by atoms with E-state index in [0.717, 1.165) is 41.2 Å². The molecule has 0 aliphatic heterocycles. The van der Waals surface area contributed by atoms with Crippen molar-refractivity contribution in [3.63, 3.8) is 0 Å². The van der Waals surface area contributed by atoms with Crippen LogP contribution in [0.2, 0.25) is 0 Å². The number of carbonyl (C=O) groups is 1. The van der Waals surface area contributed by atoms with E-state index in [2.05, 4.69) is 18.7 Å². The molecule has 0 spiro atoms. The molecule has 0 fully saturated rings. The maximum absolute atomic E-state index is 13.4. The van der Waals surface area contributed by atoms with Crippen molar-refractivity contribution < 1.29 is 17.9 Å². The number of hydrogen-bond donors (Lipinski definition) is 0. The van der Waals surface area contributed by atoms with E-state index in [9.17, 15) is 13.2 Å². The second-order valence-corrected chi connectivity index (χ2v) is 11.8. The van der Waals surface area contributed by atoms with Crippen LogP contribution in [0.1, 0.15) is 33.3 Å². The number of anilines is 1. The van der Waals surface area contributed by atoms with Crippen LogP contribution in [-0.4, -0.2) is 62.7 Å². The largest absolute Gasteiger partial charge is 0.497 e. The Hall–Kier alpha value is -2.20. The van der Waals surface area contributed by atoms with E-state index in [0.29, 0.717) is 11.7 Å². The van der Waals surface area contributed by atoms with Gasteiger partial charge in [-0.05, 0) is 62.8 Å². The van der Waals surface area contributed by atoms with E-state index in [1.807, 2.05) is 18.2 Å². The van der Waals surface area contributed by atoms with Gasteiger partial charge in [0.25, 0.3) is 0 Å². The second-order valence-electron chi connectivity index (χ2n) is 8.32. The minimum atomic E-state index is -3.35. The van der Waals surface area contributed by atoms with Crippen LogP contribution in [0.4, 0.5) is 5.13 Å². The van der Waals surface area contributed by atoms with E-state index in [1.165, 1.54) is 11.3 Å². The van der Waals surface area contributed by atoms with E-state index in [4.69, 9.17) is 9.72 Å². The Kier molecular flexibility index (Phi) is 10.5. The van der Waals surface area contributed by atoms with Crippen LogP contribution < -0.4 is 9.64 Å². The first-order valence-electron chi connectivity index (χ1n) is 11.5. The van der Waals surface area contributed by atoms with E-state index in [-0.39, 0.29) is 29.6 Å². The summed E-state index contributed by atoms with van der Waals surface area (Å²) in [6.07, 6.45) is 0.166. The quantitative estimate of drug-likeness (QED) is 0.347. The summed E-state index contributed by atoms with van der Waals surface area (Å²) in [7, 11) is -1.72.